The van der Waals surface area contributed by atoms with E-state index < -0.39 is 12.0 Å². The number of carboxylic acid groups (broad SMARTS) is 1. The summed E-state index contributed by atoms with van der Waals surface area (Å²) in [6.45, 7) is 2.67. The van der Waals surface area contributed by atoms with Crippen molar-refractivity contribution in [1.29, 1.82) is 0 Å². The third-order valence-corrected chi connectivity index (χ3v) is 4.04. The van der Waals surface area contributed by atoms with Gasteiger partial charge in [0.15, 0.2) is 0 Å². The van der Waals surface area contributed by atoms with Gasteiger partial charge in [-0.3, -0.25) is 9.69 Å². The van der Waals surface area contributed by atoms with Gasteiger partial charge in [-0.1, -0.05) is 25.1 Å². The molecule has 1 amide bonds. The van der Waals surface area contributed by atoms with Crippen LogP contribution in [0.4, 0.5) is 5.69 Å². The van der Waals surface area contributed by atoms with Gasteiger partial charge in [0.1, 0.15) is 6.04 Å². The summed E-state index contributed by atoms with van der Waals surface area (Å²) in [4.78, 5) is 25.3. The largest absolute Gasteiger partial charge is 0.480 e. The van der Waals surface area contributed by atoms with Crippen LogP contribution in [0.1, 0.15) is 31.7 Å². The van der Waals surface area contributed by atoms with Crippen molar-refractivity contribution in [2.24, 2.45) is 11.7 Å². The number of amides is 1. The molecule has 1 aromatic rings. The molecule has 0 aromatic heterocycles. The average molecular weight is 290 g/mol. The number of anilines is 1. The van der Waals surface area contributed by atoms with E-state index >= 15 is 0 Å². The molecular weight excluding hydrogens is 268 g/mol. The number of carbonyl (C=O) groups is 2. The van der Waals surface area contributed by atoms with Gasteiger partial charge >= 0.3 is 5.97 Å². The molecule has 0 spiro atoms. The third-order valence-electron chi connectivity index (χ3n) is 4.04. The summed E-state index contributed by atoms with van der Waals surface area (Å²) in [7, 11) is 0. The first-order valence-corrected chi connectivity index (χ1v) is 7.37. The van der Waals surface area contributed by atoms with Crippen LogP contribution < -0.4 is 10.6 Å². The molecule has 114 valence electrons. The first kappa shape index (κ1) is 15.5. The van der Waals surface area contributed by atoms with Crippen LogP contribution in [0, 0.1) is 5.92 Å². The molecule has 0 aliphatic carbocycles. The second-order valence-corrected chi connectivity index (χ2v) is 5.67. The van der Waals surface area contributed by atoms with Gasteiger partial charge < -0.3 is 10.8 Å². The number of aliphatic carboxylic acids is 1. The van der Waals surface area contributed by atoms with Crippen molar-refractivity contribution in [3.8, 4) is 0 Å². The van der Waals surface area contributed by atoms with E-state index in [9.17, 15) is 14.7 Å². The van der Waals surface area contributed by atoms with E-state index in [1.807, 2.05) is 24.3 Å². The topological polar surface area (TPSA) is 83.6 Å². The molecule has 5 heteroatoms. The second-order valence-electron chi connectivity index (χ2n) is 5.67. The molecule has 2 atom stereocenters. The van der Waals surface area contributed by atoms with Crippen molar-refractivity contribution in [2.75, 3.05) is 11.4 Å². The predicted octanol–water partition coefficient (Wildman–Crippen LogP) is 1.79. The lowest BCUT2D eigenvalue weighted by atomic mass is 10.0. The smallest absolute Gasteiger partial charge is 0.327 e. The van der Waals surface area contributed by atoms with Gasteiger partial charge in [-0.25, -0.2) is 4.79 Å². The summed E-state index contributed by atoms with van der Waals surface area (Å²) in [6, 6.07) is 6.63. The zero-order valence-corrected chi connectivity index (χ0v) is 12.3. The standard InChI is InChI=1S/C16H22N2O3/c1-11(8-9-17)6-7-15(19)18-13-5-3-2-4-12(13)10-14(18)16(20)21/h2-5,11,14H,6-10,17H2,1H3,(H,20,21)/t11?,14-/m0/s1. The van der Waals surface area contributed by atoms with Crippen molar-refractivity contribution >= 4 is 17.6 Å². The normalized spacial score (nSPS) is 18.4. The average Bonchev–Trinajstić information content (AvgIpc) is 2.85. The van der Waals surface area contributed by atoms with Crippen LogP contribution in [0.15, 0.2) is 24.3 Å². The summed E-state index contributed by atoms with van der Waals surface area (Å²) in [5, 5.41) is 9.36. The minimum absolute atomic E-state index is 0.115. The highest BCUT2D eigenvalue weighted by molar-refractivity contribution is 6.01. The molecule has 1 heterocycles. The van der Waals surface area contributed by atoms with Crippen LogP contribution in [0.5, 0.6) is 0 Å². The maximum Gasteiger partial charge on any atom is 0.327 e. The van der Waals surface area contributed by atoms with E-state index in [0.29, 0.717) is 25.3 Å². The molecule has 2 rings (SSSR count). The van der Waals surface area contributed by atoms with Crippen molar-refractivity contribution in [2.45, 2.75) is 38.6 Å². The van der Waals surface area contributed by atoms with Gasteiger partial charge in [-0.15, -0.1) is 0 Å². The maximum atomic E-state index is 12.5. The molecule has 3 N–H and O–H groups in total. The fraction of sp³-hybridized carbons (Fsp3) is 0.500. The van der Waals surface area contributed by atoms with E-state index in [4.69, 9.17) is 5.73 Å². The third kappa shape index (κ3) is 3.42. The molecule has 0 fully saturated rings. The molecule has 21 heavy (non-hydrogen) atoms. The second kappa shape index (κ2) is 6.72. The first-order valence-electron chi connectivity index (χ1n) is 7.37. The zero-order chi connectivity index (χ0) is 15.4. The number of carbonyl (C=O) groups excluding carboxylic acids is 1. The summed E-state index contributed by atoms with van der Waals surface area (Å²) >= 11 is 0. The summed E-state index contributed by atoms with van der Waals surface area (Å²) < 4.78 is 0. The highest BCUT2D eigenvalue weighted by Crippen LogP contribution is 2.33. The van der Waals surface area contributed by atoms with Crippen LogP contribution in [0.2, 0.25) is 0 Å². The molecule has 5 nitrogen and oxygen atoms in total. The van der Waals surface area contributed by atoms with Gasteiger partial charge in [0.25, 0.3) is 0 Å². The lowest BCUT2D eigenvalue weighted by Crippen LogP contribution is -2.42. The quantitative estimate of drug-likeness (QED) is 0.836. The fourth-order valence-corrected chi connectivity index (χ4v) is 2.81. The predicted molar refractivity (Wildman–Crippen MR) is 81.1 cm³/mol. The Bertz CT molecular complexity index is 530. The van der Waals surface area contributed by atoms with Crippen LogP contribution in [0.25, 0.3) is 0 Å². The minimum atomic E-state index is -0.949. The number of rotatable bonds is 6. The molecular formula is C16H22N2O3. The zero-order valence-electron chi connectivity index (χ0n) is 12.3. The Balaban J connectivity index is 2.11. The molecule has 0 saturated carbocycles. The van der Waals surface area contributed by atoms with Gasteiger partial charge in [-0.2, -0.15) is 0 Å². The number of hydrogen-bond donors (Lipinski definition) is 2. The number of fused-ring (bicyclic) bond motifs is 1. The molecule has 1 unspecified atom stereocenters. The van der Waals surface area contributed by atoms with Gasteiger partial charge in [0.2, 0.25) is 5.91 Å². The Hall–Kier alpha value is -1.88. The van der Waals surface area contributed by atoms with E-state index in [0.717, 1.165) is 24.1 Å². The molecule has 1 aromatic carbocycles. The van der Waals surface area contributed by atoms with Crippen molar-refractivity contribution in [3.05, 3.63) is 29.8 Å². The fourth-order valence-electron chi connectivity index (χ4n) is 2.81. The Morgan fingerprint density at radius 2 is 2.10 bits per heavy atom. The van der Waals surface area contributed by atoms with Gasteiger partial charge in [-0.05, 0) is 36.9 Å². The molecule has 1 aliphatic heterocycles. The van der Waals surface area contributed by atoms with Crippen molar-refractivity contribution in [3.63, 3.8) is 0 Å². The van der Waals surface area contributed by atoms with Crippen molar-refractivity contribution < 1.29 is 14.7 Å². The SMILES string of the molecule is CC(CCN)CCC(=O)N1c2ccccc2C[C@H]1C(=O)O. The molecule has 1 aliphatic rings. The molecule has 0 saturated heterocycles. The highest BCUT2D eigenvalue weighted by atomic mass is 16.4. The van der Waals surface area contributed by atoms with Crippen LogP contribution in [0.3, 0.4) is 0 Å². The van der Waals surface area contributed by atoms with E-state index in [-0.39, 0.29) is 5.91 Å². The highest BCUT2D eigenvalue weighted by Gasteiger charge is 2.37. The lowest BCUT2D eigenvalue weighted by molar-refractivity contribution is -0.139. The number of para-hydroxylation sites is 1. The number of hydrogen-bond acceptors (Lipinski definition) is 3. The van der Waals surface area contributed by atoms with Crippen LogP contribution in [-0.4, -0.2) is 29.6 Å². The van der Waals surface area contributed by atoms with E-state index in [1.54, 1.807) is 0 Å². The Kier molecular flexibility index (Phi) is 4.96. The van der Waals surface area contributed by atoms with E-state index in [2.05, 4.69) is 6.92 Å². The van der Waals surface area contributed by atoms with Gasteiger partial charge in [0.05, 0.1) is 0 Å². The summed E-state index contributed by atoms with van der Waals surface area (Å²) in [6.07, 6.45) is 2.36. The minimum Gasteiger partial charge on any atom is -0.480 e. The summed E-state index contributed by atoms with van der Waals surface area (Å²) in [5.74, 6) is -0.689. The Morgan fingerprint density at radius 3 is 2.76 bits per heavy atom. The molecule has 0 radical (unpaired) electrons. The van der Waals surface area contributed by atoms with Crippen LogP contribution in [-0.2, 0) is 16.0 Å². The maximum absolute atomic E-state index is 12.5. The Labute approximate surface area is 124 Å². The number of benzene rings is 1. The number of nitrogens with zero attached hydrogens (tertiary/aromatic N) is 1. The summed E-state index contributed by atoms with van der Waals surface area (Å²) in [5.41, 5.74) is 7.17. The van der Waals surface area contributed by atoms with Crippen molar-refractivity contribution in [1.82, 2.24) is 0 Å². The molecule has 0 bridgehead atoms. The van der Waals surface area contributed by atoms with E-state index in [1.165, 1.54) is 4.90 Å². The Morgan fingerprint density at radius 1 is 1.38 bits per heavy atom. The van der Waals surface area contributed by atoms with Crippen LogP contribution >= 0.6 is 0 Å². The van der Waals surface area contributed by atoms with Gasteiger partial charge in [0, 0.05) is 18.5 Å². The number of nitrogens with two attached hydrogens (primary N) is 1. The monoisotopic (exact) mass is 290 g/mol. The number of carboxylic acids is 1. The lowest BCUT2D eigenvalue weighted by Gasteiger charge is -2.23. The first-order chi connectivity index (χ1) is 10.0.